The van der Waals surface area contributed by atoms with E-state index in [1.807, 2.05) is 0 Å². The van der Waals surface area contributed by atoms with Crippen LogP contribution in [-0.4, -0.2) is 28.3 Å². The quantitative estimate of drug-likeness (QED) is 0.135. The SMILES string of the molecule is CCCCCCCCCP(=O)(O)CCC(N)=NO. The van der Waals surface area contributed by atoms with Crippen LogP contribution in [0.2, 0.25) is 0 Å². The van der Waals surface area contributed by atoms with Crippen LogP contribution in [0.3, 0.4) is 0 Å². The predicted octanol–water partition coefficient (Wildman–Crippen LogP) is 3.14. The molecule has 0 rings (SSSR count). The van der Waals surface area contributed by atoms with Crippen molar-refractivity contribution in [2.75, 3.05) is 12.3 Å². The molecule has 0 aliphatic carbocycles. The molecular weight excluding hydrogens is 251 g/mol. The van der Waals surface area contributed by atoms with Crippen molar-refractivity contribution in [2.45, 2.75) is 58.3 Å². The van der Waals surface area contributed by atoms with Crippen LogP contribution in [0.25, 0.3) is 0 Å². The van der Waals surface area contributed by atoms with Crippen LogP contribution in [0, 0.1) is 0 Å². The summed E-state index contributed by atoms with van der Waals surface area (Å²) in [4.78, 5) is 9.66. The van der Waals surface area contributed by atoms with Gasteiger partial charge in [0.1, 0.15) is 5.84 Å². The third-order valence-corrected chi connectivity index (χ3v) is 4.89. The van der Waals surface area contributed by atoms with Crippen molar-refractivity contribution in [2.24, 2.45) is 10.9 Å². The molecule has 0 amide bonds. The average molecular weight is 278 g/mol. The molecule has 6 heteroatoms. The minimum absolute atomic E-state index is 0.0174. The molecule has 0 aromatic heterocycles. The third-order valence-electron chi connectivity index (χ3n) is 2.96. The lowest BCUT2D eigenvalue weighted by Crippen LogP contribution is -2.13. The Kier molecular flexibility index (Phi) is 10.1. The van der Waals surface area contributed by atoms with E-state index in [0.29, 0.717) is 6.16 Å². The van der Waals surface area contributed by atoms with E-state index < -0.39 is 7.37 Å². The van der Waals surface area contributed by atoms with Gasteiger partial charge in [0.25, 0.3) is 0 Å². The van der Waals surface area contributed by atoms with Gasteiger partial charge in [-0.2, -0.15) is 0 Å². The van der Waals surface area contributed by atoms with Gasteiger partial charge < -0.3 is 15.8 Å². The Hall–Kier alpha value is -0.540. The van der Waals surface area contributed by atoms with Gasteiger partial charge in [-0.15, -0.1) is 0 Å². The van der Waals surface area contributed by atoms with Crippen LogP contribution < -0.4 is 5.73 Å². The summed E-state index contributed by atoms with van der Waals surface area (Å²) in [6, 6.07) is 0. The molecule has 0 saturated heterocycles. The molecule has 0 aliphatic rings. The second-order valence-corrected chi connectivity index (χ2v) is 7.34. The predicted molar refractivity (Wildman–Crippen MR) is 75.6 cm³/mol. The second kappa shape index (κ2) is 10.4. The number of hydrogen-bond donors (Lipinski definition) is 3. The van der Waals surface area contributed by atoms with E-state index >= 15 is 0 Å². The Labute approximate surface area is 110 Å². The molecular formula is C12H27N2O3P. The Morgan fingerprint density at radius 1 is 1.11 bits per heavy atom. The van der Waals surface area contributed by atoms with Crippen LogP contribution >= 0.6 is 7.37 Å². The second-order valence-electron chi connectivity index (χ2n) is 4.76. The molecule has 0 aromatic carbocycles. The normalized spacial score (nSPS) is 15.6. The molecule has 0 saturated carbocycles. The molecule has 0 heterocycles. The highest BCUT2D eigenvalue weighted by atomic mass is 31.2. The van der Waals surface area contributed by atoms with Gasteiger partial charge >= 0.3 is 0 Å². The summed E-state index contributed by atoms with van der Waals surface area (Å²) in [5, 5.41) is 11.1. The number of oxime groups is 1. The van der Waals surface area contributed by atoms with Crippen molar-refractivity contribution in [3.63, 3.8) is 0 Å². The van der Waals surface area contributed by atoms with Gasteiger partial charge in [0.2, 0.25) is 7.37 Å². The summed E-state index contributed by atoms with van der Waals surface area (Å²) in [5.41, 5.74) is 5.27. The van der Waals surface area contributed by atoms with Gasteiger partial charge in [0, 0.05) is 18.7 Å². The minimum Gasteiger partial charge on any atom is -0.409 e. The molecule has 0 aliphatic heterocycles. The van der Waals surface area contributed by atoms with E-state index in [2.05, 4.69) is 12.1 Å². The van der Waals surface area contributed by atoms with Crippen LogP contribution in [0.1, 0.15) is 58.3 Å². The first kappa shape index (κ1) is 17.5. The van der Waals surface area contributed by atoms with Crippen molar-refractivity contribution in [3.05, 3.63) is 0 Å². The largest absolute Gasteiger partial charge is 0.409 e. The van der Waals surface area contributed by atoms with E-state index in [1.54, 1.807) is 0 Å². The Balaban J connectivity index is 3.55. The lowest BCUT2D eigenvalue weighted by molar-refractivity contribution is 0.317. The Morgan fingerprint density at radius 2 is 1.67 bits per heavy atom. The maximum Gasteiger partial charge on any atom is 0.201 e. The topological polar surface area (TPSA) is 95.9 Å². The summed E-state index contributed by atoms with van der Waals surface area (Å²) in [7, 11) is -3.09. The van der Waals surface area contributed by atoms with Gasteiger partial charge in [0.15, 0.2) is 0 Å². The first-order valence-electron chi connectivity index (χ1n) is 6.79. The molecule has 0 radical (unpaired) electrons. The number of unbranched alkanes of at least 4 members (excludes halogenated alkanes) is 6. The first-order chi connectivity index (χ1) is 8.52. The van der Waals surface area contributed by atoms with E-state index in [9.17, 15) is 9.46 Å². The molecule has 0 bridgehead atoms. The highest BCUT2D eigenvalue weighted by Gasteiger charge is 2.17. The summed E-state index contributed by atoms with van der Waals surface area (Å²) in [6.45, 7) is 2.18. The zero-order chi connectivity index (χ0) is 13.9. The fourth-order valence-corrected chi connectivity index (χ4v) is 3.29. The highest BCUT2D eigenvalue weighted by molar-refractivity contribution is 7.58. The van der Waals surface area contributed by atoms with Crippen molar-refractivity contribution in [1.82, 2.24) is 0 Å². The van der Waals surface area contributed by atoms with Gasteiger partial charge in [-0.05, 0) is 6.42 Å². The monoisotopic (exact) mass is 278 g/mol. The molecule has 1 atom stereocenters. The van der Waals surface area contributed by atoms with Crippen LogP contribution in [0.15, 0.2) is 5.16 Å². The number of hydrogen-bond acceptors (Lipinski definition) is 3. The van der Waals surface area contributed by atoms with Crippen molar-refractivity contribution in [3.8, 4) is 0 Å². The fourth-order valence-electron chi connectivity index (χ4n) is 1.77. The molecule has 18 heavy (non-hydrogen) atoms. The van der Waals surface area contributed by atoms with Crippen molar-refractivity contribution >= 4 is 13.2 Å². The lowest BCUT2D eigenvalue weighted by atomic mass is 10.1. The van der Waals surface area contributed by atoms with Gasteiger partial charge in [-0.3, -0.25) is 4.57 Å². The average Bonchev–Trinajstić information content (AvgIpc) is 2.35. The van der Waals surface area contributed by atoms with Gasteiger partial charge in [-0.1, -0.05) is 50.6 Å². The van der Waals surface area contributed by atoms with E-state index in [4.69, 9.17) is 10.9 Å². The minimum atomic E-state index is -3.09. The van der Waals surface area contributed by atoms with Crippen molar-refractivity contribution in [1.29, 1.82) is 0 Å². The molecule has 108 valence electrons. The summed E-state index contributed by atoms with van der Waals surface area (Å²) in [6.07, 6.45) is 8.57. The number of nitrogens with two attached hydrogens (primary N) is 1. The number of nitrogens with zero attached hydrogens (tertiary/aromatic N) is 1. The van der Waals surface area contributed by atoms with E-state index in [1.165, 1.54) is 25.7 Å². The zero-order valence-corrected chi connectivity index (χ0v) is 12.2. The van der Waals surface area contributed by atoms with E-state index in [0.717, 1.165) is 19.3 Å². The summed E-state index contributed by atoms with van der Waals surface area (Å²) in [5.74, 6) is 0.0174. The fraction of sp³-hybridized carbons (Fsp3) is 0.917. The molecule has 5 nitrogen and oxygen atoms in total. The molecule has 0 spiro atoms. The molecule has 0 fully saturated rings. The third kappa shape index (κ3) is 10.6. The number of amidine groups is 1. The lowest BCUT2D eigenvalue weighted by Gasteiger charge is -2.10. The van der Waals surface area contributed by atoms with Gasteiger partial charge in [-0.25, -0.2) is 0 Å². The number of rotatable bonds is 11. The van der Waals surface area contributed by atoms with Crippen molar-refractivity contribution < 1.29 is 14.7 Å². The summed E-state index contributed by atoms with van der Waals surface area (Å²) < 4.78 is 11.7. The van der Waals surface area contributed by atoms with Gasteiger partial charge in [0.05, 0.1) is 0 Å². The summed E-state index contributed by atoms with van der Waals surface area (Å²) >= 11 is 0. The first-order valence-corrected chi connectivity index (χ1v) is 8.82. The highest BCUT2D eigenvalue weighted by Crippen LogP contribution is 2.42. The molecule has 0 aromatic rings. The Morgan fingerprint density at radius 3 is 2.22 bits per heavy atom. The van der Waals surface area contributed by atoms with Crippen LogP contribution in [-0.2, 0) is 4.57 Å². The molecule has 1 unspecified atom stereocenters. The Bertz CT molecular complexity index is 282. The maximum absolute atomic E-state index is 11.7. The van der Waals surface area contributed by atoms with Crippen LogP contribution in [0.5, 0.6) is 0 Å². The smallest absolute Gasteiger partial charge is 0.201 e. The maximum atomic E-state index is 11.7. The standard InChI is InChI=1S/C12H27N2O3P/c1-2-3-4-5-6-7-8-10-18(16,17)11-9-12(13)14-15/h15H,2-11H2,1H3,(H2,13,14)(H,16,17). The molecule has 4 N–H and O–H groups in total. The van der Waals surface area contributed by atoms with Crippen LogP contribution in [0.4, 0.5) is 0 Å². The van der Waals surface area contributed by atoms with E-state index in [-0.39, 0.29) is 18.4 Å². The zero-order valence-electron chi connectivity index (χ0n) is 11.3.